The lowest BCUT2D eigenvalue weighted by Gasteiger charge is -2.30. The smallest absolute Gasteiger partial charge is 0.317 e. The molecule has 2 aliphatic rings. The maximum absolute atomic E-state index is 12.1. The maximum Gasteiger partial charge on any atom is 0.317 e. The number of likely N-dealkylation sites (tertiary alicyclic amines) is 1. The van der Waals surface area contributed by atoms with Gasteiger partial charge in [0.15, 0.2) is 0 Å². The topological polar surface area (TPSA) is 35.6 Å². The van der Waals surface area contributed by atoms with Gasteiger partial charge in [-0.1, -0.05) is 26.2 Å². The Morgan fingerprint density at radius 2 is 1.81 bits per heavy atom. The molecule has 1 aliphatic carbocycles. The van der Waals surface area contributed by atoms with Crippen molar-refractivity contribution in [1.29, 1.82) is 0 Å². The zero-order valence-electron chi connectivity index (χ0n) is 13.9. The fourth-order valence-electron chi connectivity index (χ4n) is 3.58. The molecule has 0 aromatic carbocycles. The average Bonchev–Trinajstić information content (AvgIpc) is 2.50. The molecule has 4 heteroatoms. The molecular weight excluding hydrogens is 262 g/mol. The van der Waals surface area contributed by atoms with E-state index in [2.05, 4.69) is 17.1 Å². The summed E-state index contributed by atoms with van der Waals surface area (Å²) in [5.74, 6) is 1.59. The molecule has 2 rings (SSSR count). The first-order chi connectivity index (χ1) is 10.1. The second-order valence-electron chi connectivity index (χ2n) is 7.14. The van der Waals surface area contributed by atoms with Crippen molar-refractivity contribution in [2.24, 2.45) is 11.8 Å². The van der Waals surface area contributed by atoms with E-state index < -0.39 is 0 Å². The number of rotatable bonds is 5. The number of piperidine rings is 1. The van der Waals surface area contributed by atoms with Crippen molar-refractivity contribution in [3.8, 4) is 0 Å². The van der Waals surface area contributed by atoms with E-state index in [0.717, 1.165) is 31.5 Å². The highest BCUT2D eigenvalue weighted by Crippen LogP contribution is 2.24. The Kier molecular flexibility index (Phi) is 6.81. The molecule has 0 radical (unpaired) electrons. The van der Waals surface area contributed by atoms with Gasteiger partial charge < -0.3 is 15.1 Å². The van der Waals surface area contributed by atoms with Gasteiger partial charge in [0.1, 0.15) is 0 Å². The van der Waals surface area contributed by atoms with E-state index in [0.29, 0.717) is 0 Å². The average molecular weight is 295 g/mol. The first-order valence-electron chi connectivity index (χ1n) is 8.86. The summed E-state index contributed by atoms with van der Waals surface area (Å²) in [4.78, 5) is 16.5. The van der Waals surface area contributed by atoms with Gasteiger partial charge in [0, 0.05) is 26.7 Å². The van der Waals surface area contributed by atoms with Crippen molar-refractivity contribution in [3.05, 3.63) is 0 Å². The molecule has 1 N–H and O–H groups in total. The van der Waals surface area contributed by atoms with E-state index in [9.17, 15) is 4.79 Å². The molecule has 0 aromatic heterocycles. The van der Waals surface area contributed by atoms with Crippen LogP contribution >= 0.6 is 0 Å². The van der Waals surface area contributed by atoms with Crippen molar-refractivity contribution in [2.75, 3.05) is 39.8 Å². The van der Waals surface area contributed by atoms with Crippen LogP contribution in [-0.2, 0) is 0 Å². The Morgan fingerprint density at radius 1 is 1.14 bits per heavy atom. The minimum atomic E-state index is 0.103. The van der Waals surface area contributed by atoms with Crippen LogP contribution in [-0.4, -0.2) is 55.6 Å². The second-order valence-corrected chi connectivity index (χ2v) is 7.14. The normalized spacial score (nSPS) is 22.2. The Morgan fingerprint density at radius 3 is 2.48 bits per heavy atom. The van der Waals surface area contributed by atoms with Crippen molar-refractivity contribution in [2.45, 2.75) is 51.9 Å². The molecule has 1 saturated carbocycles. The number of nitrogens with one attached hydrogen (secondary N) is 1. The Balaban J connectivity index is 1.57. The van der Waals surface area contributed by atoms with Crippen molar-refractivity contribution >= 4 is 6.03 Å². The summed E-state index contributed by atoms with van der Waals surface area (Å²) >= 11 is 0. The van der Waals surface area contributed by atoms with Crippen molar-refractivity contribution in [3.63, 3.8) is 0 Å². The van der Waals surface area contributed by atoms with E-state index in [1.54, 1.807) is 0 Å². The number of carbonyl (C=O) groups is 1. The van der Waals surface area contributed by atoms with E-state index >= 15 is 0 Å². The zero-order valence-corrected chi connectivity index (χ0v) is 13.9. The van der Waals surface area contributed by atoms with E-state index in [1.807, 2.05) is 11.9 Å². The van der Waals surface area contributed by atoms with Gasteiger partial charge in [-0.05, 0) is 50.6 Å². The van der Waals surface area contributed by atoms with Crippen LogP contribution < -0.4 is 5.32 Å². The number of amides is 2. The number of carbonyl (C=O) groups excluding carboxylic acids is 1. The van der Waals surface area contributed by atoms with E-state index in [1.165, 1.54) is 58.0 Å². The molecular formula is C17H33N3O. The van der Waals surface area contributed by atoms with Crippen LogP contribution in [0.25, 0.3) is 0 Å². The lowest BCUT2D eigenvalue weighted by molar-refractivity contribution is 0.179. The van der Waals surface area contributed by atoms with Gasteiger partial charge in [0.25, 0.3) is 0 Å². The van der Waals surface area contributed by atoms with E-state index in [4.69, 9.17) is 0 Å². The van der Waals surface area contributed by atoms with Gasteiger partial charge in [-0.25, -0.2) is 4.79 Å². The Labute approximate surface area is 130 Å². The highest BCUT2D eigenvalue weighted by Gasteiger charge is 2.19. The quantitative estimate of drug-likeness (QED) is 0.846. The third-order valence-corrected chi connectivity index (χ3v) is 5.18. The van der Waals surface area contributed by atoms with Crippen molar-refractivity contribution < 1.29 is 4.79 Å². The van der Waals surface area contributed by atoms with E-state index in [-0.39, 0.29) is 6.03 Å². The van der Waals surface area contributed by atoms with Crippen LogP contribution in [0.1, 0.15) is 51.9 Å². The van der Waals surface area contributed by atoms with Crippen LogP contribution in [0.5, 0.6) is 0 Å². The minimum absolute atomic E-state index is 0.103. The molecule has 21 heavy (non-hydrogen) atoms. The first kappa shape index (κ1) is 16.6. The number of hydrogen-bond donors (Lipinski definition) is 1. The monoisotopic (exact) mass is 295 g/mol. The fourth-order valence-corrected chi connectivity index (χ4v) is 3.58. The largest absolute Gasteiger partial charge is 0.337 e. The highest BCUT2D eigenvalue weighted by molar-refractivity contribution is 5.73. The number of nitrogens with zero attached hydrogens (tertiary/aromatic N) is 2. The number of hydrogen-bond acceptors (Lipinski definition) is 2. The molecule has 0 unspecified atom stereocenters. The molecule has 2 amide bonds. The van der Waals surface area contributed by atoms with Crippen LogP contribution in [0.15, 0.2) is 0 Å². The van der Waals surface area contributed by atoms with Gasteiger partial charge in [-0.3, -0.25) is 0 Å². The summed E-state index contributed by atoms with van der Waals surface area (Å²) in [5, 5.41) is 3.08. The summed E-state index contributed by atoms with van der Waals surface area (Å²) in [7, 11) is 1.94. The third-order valence-electron chi connectivity index (χ3n) is 5.18. The zero-order chi connectivity index (χ0) is 15.1. The van der Waals surface area contributed by atoms with Gasteiger partial charge in [0.05, 0.1) is 0 Å². The summed E-state index contributed by atoms with van der Waals surface area (Å²) < 4.78 is 0. The molecule has 0 bridgehead atoms. The van der Waals surface area contributed by atoms with Crippen LogP contribution in [0.3, 0.4) is 0 Å². The molecule has 2 fully saturated rings. The van der Waals surface area contributed by atoms with Crippen molar-refractivity contribution in [1.82, 2.24) is 15.1 Å². The molecule has 1 heterocycles. The van der Waals surface area contributed by atoms with Gasteiger partial charge in [-0.15, -0.1) is 0 Å². The van der Waals surface area contributed by atoms with Gasteiger partial charge in [0.2, 0.25) is 0 Å². The maximum atomic E-state index is 12.1. The van der Waals surface area contributed by atoms with Gasteiger partial charge in [-0.2, -0.15) is 0 Å². The SMILES string of the molecule is CC1CCN(CCNC(=O)N(C)CC2CCCCC2)CC1. The lowest BCUT2D eigenvalue weighted by Crippen LogP contribution is -2.44. The molecule has 0 atom stereocenters. The minimum Gasteiger partial charge on any atom is -0.337 e. The fraction of sp³-hybridized carbons (Fsp3) is 0.941. The predicted octanol–water partition coefficient (Wildman–Crippen LogP) is 2.94. The third kappa shape index (κ3) is 5.85. The Bertz CT molecular complexity index is 307. The van der Waals surface area contributed by atoms with Crippen LogP contribution in [0.2, 0.25) is 0 Å². The standard InChI is InChI=1S/C17H33N3O/c1-15-8-11-20(12-9-15)13-10-18-17(21)19(2)14-16-6-4-3-5-7-16/h15-16H,3-14H2,1-2H3,(H,18,21). The molecule has 0 spiro atoms. The predicted molar refractivity (Wildman–Crippen MR) is 87.4 cm³/mol. The summed E-state index contributed by atoms with van der Waals surface area (Å²) in [6.07, 6.45) is 9.25. The molecule has 0 aromatic rings. The van der Waals surface area contributed by atoms with Crippen LogP contribution in [0, 0.1) is 11.8 Å². The summed E-state index contributed by atoms with van der Waals surface area (Å²) in [6, 6.07) is 0.103. The summed E-state index contributed by atoms with van der Waals surface area (Å²) in [5.41, 5.74) is 0. The molecule has 122 valence electrons. The molecule has 4 nitrogen and oxygen atoms in total. The number of urea groups is 1. The van der Waals surface area contributed by atoms with Crippen LogP contribution in [0.4, 0.5) is 4.79 Å². The summed E-state index contributed by atoms with van der Waals surface area (Å²) in [6.45, 7) is 7.41. The molecule has 1 saturated heterocycles. The molecule has 1 aliphatic heterocycles. The first-order valence-corrected chi connectivity index (χ1v) is 8.86. The lowest BCUT2D eigenvalue weighted by atomic mass is 9.89. The highest BCUT2D eigenvalue weighted by atomic mass is 16.2. The van der Waals surface area contributed by atoms with Gasteiger partial charge >= 0.3 is 6.03 Å². The second kappa shape index (κ2) is 8.62. The Hall–Kier alpha value is -0.770.